The van der Waals surface area contributed by atoms with Gasteiger partial charge in [0.25, 0.3) is 5.91 Å². The average Bonchev–Trinajstić information content (AvgIpc) is 2.09. The van der Waals surface area contributed by atoms with Gasteiger partial charge in [-0.1, -0.05) is 0 Å². The molecule has 0 aromatic rings. The molecule has 1 atom stereocenters. The summed E-state index contributed by atoms with van der Waals surface area (Å²) in [6.07, 6.45) is 2.69. The van der Waals surface area contributed by atoms with Crippen LogP contribution >= 0.6 is 0 Å². The average molecular weight is 182 g/mol. The molecule has 5 nitrogen and oxygen atoms in total. The van der Waals surface area contributed by atoms with Gasteiger partial charge in [-0.25, -0.2) is 4.99 Å². The van der Waals surface area contributed by atoms with Crippen LogP contribution in [0.3, 0.4) is 0 Å². The summed E-state index contributed by atoms with van der Waals surface area (Å²) in [6.45, 7) is 2.02. The first-order valence-electron chi connectivity index (χ1n) is 3.99. The van der Waals surface area contributed by atoms with Gasteiger partial charge in [-0.2, -0.15) is 0 Å². The Morgan fingerprint density at radius 2 is 2.38 bits per heavy atom. The highest BCUT2D eigenvalue weighted by molar-refractivity contribution is 6.21. The molecule has 1 unspecified atom stereocenters. The summed E-state index contributed by atoms with van der Waals surface area (Å²) in [5, 5.41) is 0. The summed E-state index contributed by atoms with van der Waals surface area (Å²) in [6, 6.07) is -0.691. The zero-order valence-corrected chi connectivity index (χ0v) is 7.27. The molecule has 0 radical (unpaired) electrons. The lowest BCUT2D eigenvalue weighted by molar-refractivity contribution is -0.144. The van der Waals surface area contributed by atoms with E-state index in [1.807, 2.05) is 0 Å². The van der Waals surface area contributed by atoms with Gasteiger partial charge in [-0.3, -0.25) is 14.6 Å². The van der Waals surface area contributed by atoms with Crippen molar-refractivity contribution in [3.63, 3.8) is 0 Å². The van der Waals surface area contributed by atoms with Crippen molar-refractivity contribution < 1.29 is 14.3 Å². The van der Waals surface area contributed by atoms with E-state index in [1.165, 1.54) is 12.4 Å². The highest BCUT2D eigenvalue weighted by Gasteiger charge is 2.21. The second-order valence-electron chi connectivity index (χ2n) is 2.44. The van der Waals surface area contributed by atoms with Crippen molar-refractivity contribution in [2.24, 2.45) is 9.98 Å². The fourth-order valence-corrected chi connectivity index (χ4v) is 0.917. The molecule has 0 aromatic heterocycles. The molecule has 1 aliphatic heterocycles. The Morgan fingerprint density at radius 3 is 3.00 bits per heavy atom. The number of hydrogen-bond acceptors (Lipinski definition) is 4. The van der Waals surface area contributed by atoms with E-state index in [1.54, 1.807) is 6.92 Å². The molecule has 13 heavy (non-hydrogen) atoms. The van der Waals surface area contributed by atoms with Crippen LogP contribution < -0.4 is 0 Å². The van der Waals surface area contributed by atoms with Crippen LogP contribution in [-0.2, 0) is 14.3 Å². The summed E-state index contributed by atoms with van der Waals surface area (Å²) in [7, 11) is 0. The molecule has 70 valence electrons. The van der Waals surface area contributed by atoms with Crippen LogP contribution in [0.15, 0.2) is 9.98 Å². The second-order valence-corrected chi connectivity index (χ2v) is 2.44. The summed E-state index contributed by atoms with van der Waals surface area (Å²) in [4.78, 5) is 29.3. The molecule has 1 amide bonds. The number of rotatable bonds is 3. The minimum atomic E-state index is -0.691. The number of nitrogens with zero attached hydrogens (tertiary/aromatic N) is 2. The van der Waals surface area contributed by atoms with Crippen LogP contribution in [-0.4, -0.2) is 37.0 Å². The zero-order chi connectivity index (χ0) is 9.68. The number of hydrogen-bond donors (Lipinski definition) is 0. The molecule has 0 saturated carbocycles. The van der Waals surface area contributed by atoms with Gasteiger partial charge in [-0.15, -0.1) is 0 Å². The Bertz CT molecular complexity index is 271. The topological polar surface area (TPSA) is 68.1 Å². The summed E-state index contributed by atoms with van der Waals surface area (Å²) >= 11 is 0. The van der Waals surface area contributed by atoms with Gasteiger partial charge in [0, 0.05) is 12.4 Å². The monoisotopic (exact) mass is 182 g/mol. The number of amides is 1. The number of esters is 1. The molecule has 1 rings (SSSR count). The standard InChI is InChI=1S/C8H10N2O3/c1-2-13-7(11)5-6-8(12)10-4-3-9-6/h3-4,6H,2,5H2,1H3. The van der Waals surface area contributed by atoms with Crippen molar-refractivity contribution in [1.29, 1.82) is 0 Å². The third-order valence-electron chi connectivity index (χ3n) is 1.48. The van der Waals surface area contributed by atoms with E-state index >= 15 is 0 Å². The maximum atomic E-state index is 11.0. The number of ether oxygens (including phenoxy) is 1. The van der Waals surface area contributed by atoms with Crippen molar-refractivity contribution in [2.45, 2.75) is 19.4 Å². The van der Waals surface area contributed by atoms with Gasteiger partial charge in [0.05, 0.1) is 13.0 Å². The molecule has 0 N–H and O–H groups in total. The summed E-state index contributed by atoms with van der Waals surface area (Å²) < 4.78 is 4.68. The molecule has 5 heteroatoms. The smallest absolute Gasteiger partial charge is 0.308 e. The third kappa shape index (κ3) is 2.77. The van der Waals surface area contributed by atoms with Crippen molar-refractivity contribution in [3.05, 3.63) is 0 Å². The van der Waals surface area contributed by atoms with E-state index in [9.17, 15) is 9.59 Å². The lowest BCUT2D eigenvalue weighted by Gasteiger charge is -2.08. The van der Waals surface area contributed by atoms with E-state index in [0.717, 1.165) is 0 Å². The SMILES string of the molecule is CCOC(=O)CC1N=CC=NC1=O. The van der Waals surface area contributed by atoms with E-state index in [-0.39, 0.29) is 6.42 Å². The Hall–Kier alpha value is -1.52. The molecule has 1 aliphatic rings. The number of aliphatic imine (C=N–C) groups is 2. The lowest BCUT2D eigenvalue weighted by Crippen LogP contribution is -2.24. The maximum Gasteiger partial charge on any atom is 0.308 e. The van der Waals surface area contributed by atoms with Crippen molar-refractivity contribution in [1.82, 2.24) is 0 Å². The molecule has 1 heterocycles. The van der Waals surface area contributed by atoms with Crippen LogP contribution in [0.5, 0.6) is 0 Å². The van der Waals surface area contributed by atoms with Crippen molar-refractivity contribution >= 4 is 24.3 Å². The van der Waals surface area contributed by atoms with E-state index in [0.29, 0.717) is 6.61 Å². The molecular weight excluding hydrogens is 172 g/mol. The summed E-state index contributed by atoms with van der Waals surface area (Å²) in [5.41, 5.74) is 0. The first kappa shape index (κ1) is 9.57. The molecular formula is C8H10N2O3. The van der Waals surface area contributed by atoms with E-state index < -0.39 is 17.9 Å². The minimum Gasteiger partial charge on any atom is -0.466 e. The first-order chi connectivity index (χ1) is 6.24. The van der Waals surface area contributed by atoms with Crippen LogP contribution in [0.1, 0.15) is 13.3 Å². The second kappa shape index (κ2) is 4.49. The number of carbonyl (C=O) groups excluding carboxylic acids is 2. The van der Waals surface area contributed by atoms with Crippen LogP contribution in [0.4, 0.5) is 0 Å². The first-order valence-corrected chi connectivity index (χ1v) is 3.99. The van der Waals surface area contributed by atoms with Gasteiger partial charge < -0.3 is 4.74 Å². The highest BCUT2D eigenvalue weighted by atomic mass is 16.5. The van der Waals surface area contributed by atoms with E-state index in [2.05, 4.69) is 14.7 Å². The Morgan fingerprint density at radius 1 is 1.62 bits per heavy atom. The normalized spacial score (nSPS) is 20.4. The fourth-order valence-electron chi connectivity index (χ4n) is 0.917. The molecule has 0 aliphatic carbocycles. The lowest BCUT2D eigenvalue weighted by atomic mass is 10.2. The van der Waals surface area contributed by atoms with Gasteiger partial charge >= 0.3 is 5.97 Å². The van der Waals surface area contributed by atoms with Crippen molar-refractivity contribution in [2.75, 3.05) is 6.61 Å². The maximum absolute atomic E-state index is 11.0. The van der Waals surface area contributed by atoms with Crippen LogP contribution in [0.25, 0.3) is 0 Å². The minimum absolute atomic E-state index is 0.0273. The largest absolute Gasteiger partial charge is 0.466 e. The summed E-state index contributed by atoms with van der Waals surface area (Å²) in [5.74, 6) is -0.814. The van der Waals surface area contributed by atoms with Gasteiger partial charge in [0.1, 0.15) is 6.04 Å². The van der Waals surface area contributed by atoms with Gasteiger partial charge in [0.2, 0.25) is 0 Å². The zero-order valence-electron chi connectivity index (χ0n) is 7.27. The van der Waals surface area contributed by atoms with Gasteiger partial charge in [-0.05, 0) is 6.92 Å². The third-order valence-corrected chi connectivity index (χ3v) is 1.48. The molecule has 0 fully saturated rings. The Labute approximate surface area is 75.5 Å². The van der Waals surface area contributed by atoms with Gasteiger partial charge in [0.15, 0.2) is 0 Å². The molecule has 0 spiro atoms. The van der Waals surface area contributed by atoms with Crippen LogP contribution in [0, 0.1) is 0 Å². The quantitative estimate of drug-likeness (QED) is 0.576. The number of carbonyl (C=O) groups is 2. The Kier molecular flexibility index (Phi) is 3.31. The molecule has 0 aromatic carbocycles. The van der Waals surface area contributed by atoms with E-state index in [4.69, 9.17) is 0 Å². The Balaban J connectivity index is 2.45. The van der Waals surface area contributed by atoms with Crippen molar-refractivity contribution in [3.8, 4) is 0 Å². The predicted molar refractivity (Wildman–Crippen MR) is 47.0 cm³/mol. The molecule has 0 bridgehead atoms. The fraction of sp³-hybridized carbons (Fsp3) is 0.500. The van der Waals surface area contributed by atoms with Crippen LogP contribution in [0.2, 0.25) is 0 Å². The highest BCUT2D eigenvalue weighted by Crippen LogP contribution is 2.04. The predicted octanol–water partition coefficient (Wildman–Crippen LogP) is -0.0100. The molecule has 0 saturated heterocycles.